The molecule has 6 nitrogen and oxygen atoms in total. The van der Waals surface area contributed by atoms with Crippen molar-refractivity contribution in [2.75, 3.05) is 13.2 Å². The van der Waals surface area contributed by atoms with Crippen LogP contribution in [0.2, 0.25) is 0 Å². The van der Waals surface area contributed by atoms with Crippen molar-refractivity contribution in [3.05, 3.63) is 0 Å². The third-order valence-electron chi connectivity index (χ3n) is 4.04. The number of nitrogens with one attached hydrogen (secondary N) is 2. The van der Waals surface area contributed by atoms with Crippen molar-refractivity contribution in [2.24, 2.45) is 11.8 Å². The molecule has 2 fully saturated rings. The van der Waals surface area contributed by atoms with Gasteiger partial charge in [0.15, 0.2) is 0 Å². The van der Waals surface area contributed by atoms with E-state index in [2.05, 4.69) is 10.6 Å². The molecule has 0 aromatic carbocycles. The SMILES string of the molecule is CCOC(=O)C1CCC(NC(=O)C2CNC(=O)C2)CC1. The first-order valence-electron chi connectivity index (χ1n) is 7.33. The van der Waals surface area contributed by atoms with Gasteiger partial charge in [-0.2, -0.15) is 0 Å². The molecular weight excluding hydrogens is 260 g/mol. The maximum Gasteiger partial charge on any atom is 0.308 e. The Labute approximate surface area is 118 Å². The van der Waals surface area contributed by atoms with Crippen LogP contribution in [0.15, 0.2) is 0 Å². The van der Waals surface area contributed by atoms with Gasteiger partial charge in [-0.25, -0.2) is 0 Å². The minimum absolute atomic E-state index is 0.0298. The van der Waals surface area contributed by atoms with Crippen molar-refractivity contribution in [1.82, 2.24) is 10.6 Å². The monoisotopic (exact) mass is 282 g/mol. The molecule has 1 saturated carbocycles. The Morgan fingerprint density at radius 3 is 2.50 bits per heavy atom. The zero-order valence-corrected chi connectivity index (χ0v) is 11.8. The summed E-state index contributed by atoms with van der Waals surface area (Å²) >= 11 is 0. The van der Waals surface area contributed by atoms with E-state index in [0.29, 0.717) is 13.2 Å². The lowest BCUT2D eigenvalue weighted by molar-refractivity contribution is -0.149. The van der Waals surface area contributed by atoms with Crippen LogP contribution in [0.5, 0.6) is 0 Å². The predicted octanol–water partition coefficient (Wildman–Crippen LogP) is 0.361. The lowest BCUT2D eigenvalue weighted by atomic mass is 9.86. The summed E-state index contributed by atoms with van der Waals surface area (Å²) in [5, 5.41) is 5.65. The molecule has 0 aromatic rings. The van der Waals surface area contributed by atoms with E-state index in [1.807, 2.05) is 0 Å². The molecule has 2 amide bonds. The number of hydrogen-bond acceptors (Lipinski definition) is 4. The quantitative estimate of drug-likeness (QED) is 0.729. The average molecular weight is 282 g/mol. The standard InChI is InChI=1S/C14H22N2O4/c1-2-20-14(19)9-3-5-11(6-4-9)16-13(18)10-7-12(17)15-8-10/h9-11H,2-8H2,1H3,(H,15,17)(H,16,18). The molecule has 1 unspecified atom stereocenters. The molecule has 1 aliphatic carbocycles. The summed E-state index contributed by atoms with van der Waals surface area (Å²) in [5.74, 6) is -0.509. The highest BCUT2D eigenvalue weighted by molar-refractivity contribution is 5.89. The van der Waals surface area contributed by atoms with Crippen LogP contribution >= 0.6 is 0 Å². The summed E-state index contributed by atoms with van der Waals surface area (Å²) in [6, 6.07) is 0.115. The van der Waals surface area contributed by atoms with Gasteiger partial charge in [0.25, 0.3) is 0 Å². The van der Waals surface area contributed by atoms with Gasteiger partial charge in [-0.15, -0.1) is 0 Å². The van der Waals surface area contributed by atoms with Gasteiger partial charge in [-0.1, -0.05) is 0 Å². The summed E-state index contributed by atoms with van der Waals surface area (Å²) in [6.45, 7) is 2.65. The Morgan fingerprint density at radius 1 is 1.25 bits per heavy atom. The van der Waals surface area contributed by atoms with Crippen LogP contribution in [0.25, 0.3) is 0 Å². The number of amides is 2. The second-order valence-corrected chi connectivity index (χ2v) is 5.51. The smallest absolute Gasteiger partial charge is 0.308 e. The van der Waals surface area contributed by atoms with Gasteiger partial charge in [0, 0.05) is 19.0 Å². The fourth-order valence-corrected chi connectivity index (χ4v) is 2.84. The Hall–Kier alpha value is -1.59. The fourth-order valence-electron chi connectivity index (χ4n) is 2.84. The largest absolute Gasteiger partial charge is 0.466 e. The van der Waals surface area contributed by atoms with Crippen molar-refractivity contribution >= 4 is 17.8 Å². The molecule has 0 radical (unpaired) electrons. The summed E-state index contributed by atoms with van der Waals surface area (Å²) in [5.41, 5.74) is 0. The Morgan fingerprint density at radius 2 is 1.95 bits per heavy atom. The number of rotatable bonds is 4. The van der Waals surface area contributed by atoms with E-state index >= 15 is 0 Å². The lowest BCUT2D eigenvalue weighted by Gasteiger charge is -2.28. The number of carbonyl (C=O) groups is 3. The van der Waals surface area contributed by atoms with E-state index in [-0.39, 0.29) is 42.1 Å². The Balaban J connectivity index is 1.73. The average Bonchev–Trinajstić information content (AvgIpc) is 2.86. The minimum Gasteiger partial charge on any atom is -0.466 e. The summed E-state index contributed by atoms with van der Waals surface area (Å²) in [7, 11) is 0. The van der Waals surface area contributed by atoms with Gasteiger partial charge in [0.2, 0.25) is 11.8 Å². The van der Waals surface area contributed by atoms with Crippen LogP contribution in [-0.2, 0) is 19.1 Å². The molecule has 20 heavy (non-hydrogen) atoms. The molecule has 2 N–H and O–H groups in total. The van der Waals surface area contributed by atoms with Crippen molar-refractivity contribution in [3.8, 4) is 0 Å². The molecular formula is C14H22N2O4. The Bertz CT molecular complexity index is 389. The van der Waals surface area contributed by atoms with Gasteiger partial charge >= 0.3 is 5.97 Å². The van der Waals surface area contributed by atoms with Crippen LogP contribution < -0.4 is 10.6 Å². The topological polar surface area (TPSA) is 84.5 Å². The van der Waals surface area contributed by atoms with Crippen LogP contribution in [0.1, 0.15) is 39.0 Å². The molecule has 1 atom stereocenters. The summed E-state index contributed by atoms with van der Waals surface area (Å²) in [4.78, 5) is 34.7. The molecule has 0 spiro atoms. The maximum atomic E-state index is 12.0. The molecule has 1 heterocycles. The normalized spacial score (nSPS) is 29.6. The van der Waals surface area contributed by atoms with Gasteiger partial charge in [-0.3, -0.25) is 14.4 Å². The molecule has 2 aliphatic rings. The van der Waals surface area contributed by atoms with Crippen molar-refractivity contribution < 1.29 is 19.1 Å². The highest BCUT2D eigenvalue weighted by Crippen LogP contribution is 2.25. The van der Waals surface area contributed by atoms with E-state index in [1.165, 1.54) is 0 Å². The molecule has 1 saturated heterocycles. The molecule has 0 bridgehead atoms. The lowest BCUT2D eigenvalue weighted by Crippen LogP contribution is -2.42. The van der Waals surface area contributed by atoms with Crippen molar-refractivity contribution in [2.45, 2.75) is 45.1 Å². The number of carbonyl (C=O) groups excluding carboxylic acids is 3. The highest BCUT2D eigenvalue weighted by atomic mass is 16.5. The van der Waals surface area contributed by atoms with Crippen LogP contribution in [0.4, 0.5) is 0 Å². The summed E-state index contributed by atoms with van der Waals surface area (Å²) < 4.78 is 5.02. The first kappa shape index (κ1) is 14.8. The van der Waals surface area contributed by atoms with E-state index < -0.39 is 0 Å². The summed E-state index contributed by atoms with van der Waals surface area (Å²) in [6.07, 6.45) is 3.38. The van der Waals surface area contributed by atoms with Crippen LogP contribution in [0.3, 0.4) is 0 Å². The van der Waals surface area contributed by atoms with Gasteiger partial charge in [0.05, 0.1) is 18.4 Å². The zero-order valence-electron chi connectivity index (χ0n) is 11.8. The predicted molar refractivity (Wildman–Crippen MR) is 71.6 cm³/mol. The van der Waals surface area contributed by atoms with Crippen molar-refractivity contribution in [1.29, 1.82) is 0 Å². The molecule has 112 valence electrons. The first-order chi connectivity index (χ1) is 9.60. The third kappa shape index (κ3) is 3.71. The van der Waals surface area contributed by atoms with E-state index in [9.17, 15) is 14.4 Å². The van der Waals surface area contributed by atoms with Gasteiger partial charge in [0.1, 0.15) is 0 Å². The van der Waals surface area contributed by atoms with E-state index in [0.717, 1.165) is 25.7 Å². The van der Waals surface area contributed by atoms with E-state index in [1.54, 1.807) is 6.92 Å². The molecule has 6 heteroatoms. The molecule has 0 aromatic heterocycles. The molecule has 2 rings (SSSR count). The van der Waals surface area contributed by atoms with Crippen LogP contribution in [-0.4, -0.2) is 37.0 Å². The third-order valence-corrected chi connectivity index (χ3v) is 4.04. The highest BCUT2D eigenvalue weighted by Gasteiger charge is 2.32. The maximum absolute atomic E-state index is 12.0. The first-order valence-corrected chi connectivity index (χ1v) is 7.33. The number of ether oxygens (including phenoxy) is 1. The Kier molecular flexibility index (Phi) is 4.98. The second-order valence-electron chi connectivity index (χ2n) is 5.51. The fraction of sp³-hybridized carbons (Fsp3) is 0.786. The number of hydrogen-bond donors (Lipinski definition) is 2. The zero-order chi connectivity index (χ0) is 14.5. The van der Waals surface area contributed by atoms with Crippen LogP contribution in [0, 0.1) is 11.8 Å². The van der Waals surface area contributed by atoms with Crippen molar-refractivity contribution in [3.63, 3.8) is 0 Å². The van der Waals surface area contributed by atoms with Gasteiger partial charge < -0.3 is 15.4 Å². The van der Waals surface area contributed by atoms with E-state index in [4.69, 9.17) is 4.74 Å². The minimum atomic E-state index is -0.245. The molecule has 1 aliphatic heterocycles. The second kappa shape index (κ2) is 6.72. The number of esters is 1. The van der Waals surface area contributed by atoms with Gasteiger partial charge in [-0.05, 0) is 32.6 Å².